The summed E-state index contributed by atoms with van der Waals surface area (Å²) in [6.45, 7) is -0.307. The summed E-state index contributed by atoms with van der Waals surface area (Å²) in [5, 5.41) is 5.41. The number of nitrogens with zero attached hydrogens (tertiary/aromatic N) is 4. The molecule has 2 aliphatic heterocycles. The van der Waals surface area contributed by atoms with E-state index in [1.807, 2.05) is 5.32 Å². The Labute approximate surface area is 213 Å². The van der Waals surface area contributed by atoms with Crippen LogP contribution >= 0.6 is 0 Å². The molecule has 11 nitrogen and oxygen atoms in total. The van der Waals surface area contributed by atoms with Crippen LogP contribution in [0.2, 0.25) is 0 Å². The minimum absolute atomic E-state index is 0.0275. The minimum Gasteiger partial charge on any atom is -0.457 e. The number of carbonyl (C=O) groups excluding carboxylic acids is 3. The summed E-state index contributed by atoms with van der Waals surface area (Å²) in [6, 6.07) is 2.89. The first-order valence-electron chi connectivity index (χ1n) is 11.4. The molecule has 38 heavy (non-hydrogen) atoms. The lowest BCUT2D eigenvalue weighted by Gasteiger charge is -2.25. The Balaban J connectivity index is 1.41. The van der Waals surface area contributed by atoms with Crippen molar-refractivity contribution < 1.29 is 41.5 Å². The van der Waals surface area contributed by atoms with E-state index in [4.69, 9.17) is 9.57 Å². The van der Waals surface area contributed by atoms with Crippen molar-refractivity contribution in [1.29, 1.82) is 0 Å². The summed E-state index contributed by atoms with van der Waals surface area (Å²) in [4.78, 5) is 50.3. The van der Waals surface area contributed by atoms with Gasteiger partial charge in [0.25, 0.3) is 5.91 Å². The molecule has 3 heterocycles. The standard InChI is InChI=1S/C23H22F4N6O5/c24-16-10-13(15-3-2-14(38-21(15)35)12-30-20(34)19(26)27)11-17(25)18(16)32-6-7-33(37-9-8-32)23(36)31-22-28-4-1-5-29-22/h1,3-5,10-11,14,19H,2,6-9,12H2,(H,30,34)(H,28,29,31,36)/t14-/m1/s1. The normalized spacial score (nSPS) is 18.0. The maximum atomic E-state index is 15.1. The van der Waals surface area contributed by atoms with Crippen molar-refractivity contribution in [3.8, 4) is 0 Å². The number of nitrogens with one attached hydrogen (secondary N) is 2. The van der Waals surface area contributed by atoms with E-state index in [9.17, 15) is 23.2 Å². The topological polar surface area (TPSA) is 126 Å². The number of urea groups is 1. The van der Waals surface area contributed by atoms with Crippen LogP contribution in [0.3, 0.4) is 0 Å². The number of aromatic nitrogens is 2. The smallest absolute Gasteiger partial charge is 0.348 e. The quantitative estimate of drug-likeness (QED) is 0.423. The summed E-state index contributed by atoms with van der Waals surface area (Å²) >= 11 is 0. The number of cyclic esters (lactones) is 1. The zero-order valence-corrected chi connectivity index (χ0v) is 19.7. The average molecular weight is 538 g/mol. The summed E-state index contributed by atoms with van der Waals surface area (Å²) in [5.74, 6) is -4.24. The first kappa shape index (κ1) is 26.8. The molecular weight excluding hydrogens is 516 g/mol. The van der Waals surface area contributed by atoms with Crippen molar-refractivity contribution in [2.75, 3.05) is 43.0 Å². The monoisotopic (exact) mass is 538 g/mol. The second kappa shape index (κ2) is 11.9. The Bertz CT molecular complexity index is 1210. The van der Waals surface area contributed by atoms with E-state index in [1.54, 1.807) is 6.07 Å². The first-order chi connectivity index (χ1) is 18.2. The van der Waals surface area contributed by atoms with E-state index in [2.05, 4.69) is 15.3 Å². The molecule has 202 valence electrons. The van der Waals surface area contributed by atoms with Gasteiger partial charge in [-0.15, -0.1) is 0 Å². The highest BCUT2D eigenvalue weighted by atomic mass is 19.3. The van der Waals surface area contributed by atoms with Crippen LogP contribution in [-0.4, -0.2) is 78.3 Å². The van der Waals surface area contributed by atoms with Crippen LogP contribution < -0.4 is 15.5 Å². The van der Waals surface area contributed by atoms with Crippen LogP contribution in [0.25, 0.3) is 5.57 Å². The Morgan fingerprint density at radius 1 is 1.11 bits per heavy atom. The van der Waals surface area contributed by atoms with E-state index in [0.717, 1.165) is 17.2 Å². The molecule has 1 aromatic heterocycles. The summed E-state index contributed by atoms with van der Waals surface area (Å²) in [5.41, 5.74) is -0.530. The third-order valence-electron chi connectivity index (χ3n) is 5.62. The van der Waals surface area contributed by atoms with Gasteiger partial charge in [0.2, 0.25) is 5.95 Å². The lowest BCUT2D eigenvalue weighted by Crippen LogP contribution is -2.39. The molecule has 0 aliphatic carbocycles. The van der Waals surface area contributed by atoms with Crippen molar-refractivity contribution in [3.05, 3.63) is 53.9 Å². The maximum Gasteiger partial charge on any atom is 0.348 e. The Kier molecular flexibility index (Phi) is 8.35. The molecule has 2 aliphatic rings. The number of alkyl halides is 2. The molecule has 3 amide bonds. The lowest BCUT2D eigenvalue weighted by molar-refractivity contribution is -0.144. The van der Waals surface area contributed by atoms with Crippen molar-refractivity contribution in [2.24, 2.45) is 0 Å². The van der Waals surface area contributed by atoms with Crippen molar-refractivity contribution >= 4 is 35.1 Å². The number of carbonyl (C=O) groups is 3. The fraction of sp³-hybridized carbons (Fsp3) is 0.348. The highest BCUT2D eigenvalue weighted by Gasteiger charge is 2.29. The fourth-order valence-corrected chi connectivity index (χ4v) is 3.83. The molecule has 1 atom stereocenters. The number of halogens is 4. The molecule has 0 unspecified atom stereocenters. The number of rotatable bonds is 6. The van der Waals surface area contributed by atoms with Gasteiger partial charge in [0, 0.05) is 31.9 Å². The number of esters is 1. The Morgan fingerprint density at radius 3 is 2.47 bits per heavy atom. The number of hydrogen-bond acceptors (Lipinski definition) is 8. The van der Waals surface area contributed by atoms with Crippen molar-refractivity contribution in [2.45, 2.75) is 19.0 Å². The van der Waals surface area contributed by atoms with Crippen LogP contribution in [-0.2, 0) is 19.2 Å². The van der Waals surface area contributed by atoms with Gasteiger partial charge in [0.05, 0.1) is 25.3 Å². The molecule has 0 spiro atoms. The number of hydrogen-bond donors (Lipinski definition) is 2. The van der Waals surface area contributed by atoms with Gasteiger partial charge in [-0.3, -0.25) is 14.9 Å². The Hall–Kier alpha value is -4.27. The van der Waals surface area contributed by atoms with Crippen LogP contribution in [0.4, 0.5) is 34.0 Å². The fourth-order valence-electron chi connectivity index (χ4n) is 3.83. The zero-order valence-electron chi connectivity index (χ0n) is 19.7. The molecule has 2 aromatic rings. The van der Waals surface area contributed by atoms with Crippen LogP contribution in [0.1, 0.15) is 12.0 Å². The van der Waals surface area contributed by atoms with Crippen molar-refractivity contribution in [3.63, 3.8) is 0 Å². The third kappa shape index (κ3) is 6.34. The molecule has 4 rings (SSSR count). The molecule has 0 bridgehead atoms. The van der Waals surface area contributed by atoms with E-state index in [0.29, 0.717) is 0 Å². The van der Waals surface area contributed by atoms with E-state index in [1.165, 1.54) is 23.4 Å². The van der Waals surface area contributed by atoms with Gasteiger partial charge >= 0.3 is 18.4 Å². The van der Waals surface area contributed by atoms with Gasteiger partial charge in [-0.25, -0.2) is 33.4 Å². The van der Waals surface area contributed by atoms with Crippen molar-refractivity contribution in [1.82, 2.24) is 20.3 Å². The zero-order chi connectivity index (χ0) is 27.2. The maximum absolute atomic E-state index is 15.1. The largest absolute Gasteiger partial charge is 0.457 e. The van der Waals surface area contributed by atoms with E-state index in [-0.39, 0.29) is 62.0 Å². The summed E-state index contributed by atoms with van der Waals surface area (Å²) in [7, 11) is 0. The van der Waals surface area contributed by atoms with E-state index < -0.39 is 42.1 Å². The molecule has 1 fully saturated rings. The molecule has 1 aromatic carbocycles. The van der Waals surface area contributed by atoms with Gasteiger partial charge in [0.15, 0.2) is 0 Å². The minimum atomic E-state index is -3.20. The summed E-state index contributed by atoms with van der Waals surface area (Å²) in [6.07, 6.45) is 0.205. The van der Waals surface area contributed by atoms with Crippen LogP contribution in [0.15, 0.2) is 36.7 Å². The van der Waals surface area contributed by atoms with E-state index >= 15 is 8.78 Å². The predicted octanol–water partition coefficient (Wildman–Crippen LogP) is 2.12. The number of anilines is 2. The highest BCUT2D eigenvalue weighted by Crippen LogP contribution is 2.31. The predicted molar refractivity (Wildman–Crippen MR) is 124 cm³/mol. The third-order valence-corrected chi connectivity index (χ3v) is 5.62. The molecule has 2 N–H and O–H groups in total. The average Bonchev–Trinajstić information content (AvgIpc) is 3.13. The second-order valence-electron chi connectivity index (χ2n) is 8.14. The molecule has 0 radical (unpaired) electrons. The molecular formula is C23H22F4N6O5. The SMILES string of the molecule is O=C1O[C@@H](CNC(=O)C(F)F)CC=C1c1cc(F)c(N2CCON(C(=O)Nc3ncccn3)CC2)c(F)c1. The number of ether oxygens (including phenoxy) is 1. The van der Waals surface area contributed by atoms with Crippen LogP contribution in [0.5, 0.6) is 0 Å². The summed E-state index contributed by atoms with van der Waals surface area (Å²) < 4.78 is 59.9. The molecule has 15 heteroatoms. The van der Waals surface area contributed by atoms with Gasteiger partial charge in [-0.05, 0) is 23.8 Å². The number of hydroxylamine groups is 2. The molecule has 1 saturated heterocycles. The number of benzene rings is 1. The van der Waals surface area contributed by atoms with Gasteiger partial charge in [-0.2, -0.15) is 8.78 Å². The van der Waals surface area contributed by atoms with Gasteiger partial charge in [0.1, 0.15) is 23.4 Å². The lowest BCUT2D eigenvalue weighted by atomic mass is 10.00. The second-order valence-corrected chi connectivity index (χ2v) is 8.14. The Morgan fingerprint density at radius 2 is 1.82 bits per heavy atom. The van der Waals surface area contributed by atoms with Crippen LogP contribution in [0, 0.1) is 11.6 Å². The van der Waals surface area contributed by atoms with Gasteiger partial charge in [-0.1, -0.05) is 6.08 Å². The number of amides is 3. The first-order valence-corrected chi connectivity index (χ1v) is 11.4. The molecule has 0 saturated carbocycles. The van der Waals surface area contributed by atoms with Gasteiger partial charge < -0.3 is 15.0 Å². The highest BCUT2D eigenvalue weighted by molar-refractivity contribution is 6.17.